The molecule has 32 heavy (non-hydrogen) atoms. The van der Waals surface area contributed by atoms with E-state index >= 15 is 0 Å². The predicted molar refractivity (Wildman–Crippen MR) is 117 cm³/mol. The van der Waals surface area contributed by atoms with Crippen LogP contribution >= 0.6 is 0 Å². The molecule has 1 aromatic heterocycles. The zero-order valence-corrected chi connectivity index (χ0v) is 19.1. The number of ether oxygens (including phenoxy) is 2. The highest BCUT2D eigenvalue weighted by Gasteiger charge is 2.33. The summed E-state index contributed by atoms with van der Waals surface area (Å²) in [5.74, 6) is -0.440. The van der Waals surface area contributed by atoms with Crippen LogP contribution in [0.1, 0.15) is 49.1 Å². The normalized spacial score (nSPS) is 22.2. The number of fused-ring (bicyclic) bond motifs is 1. The van der Waals surface area contributed by atoms with Crippen molar-refractivity contribution in [3.63, 3.8) is 0 Å². The minimum absolute atomic E-state index is 0.00157. The number of aryl methyl sites for hydroxylation is 1. The fraction of sp³-hybridized carbons (Fsp3) is 0.652. The van der Waals surface area contributed by atoms with Gasteiger partial charge in [0.2, 0.25) is 0 Å². The average molecular weight is 442 g/mol. The van der Waals surface area contributed by atoms with Gasteiger partial charge in [0.05, 0.1) is 23.9 Å². The summed E-state index contributed by atoms with van der Waals surface area (Å²) in [7, 11) is 0. The van der Waals surface area contributed by atoms with E-state index in [1.807, 2.05) is 25.7 Å². The number of carbonyl (C=O) groups excluding carboxylic acids is 2. The molecule has 2 amide bonds. The van der Waals surface area contributed by atoms with Crippen LogP contribution in [0.15, 0.2) is 0 Å². The van der Waals surface area contributed by atoms with Gasteiger partial charge in [0.25, 0.3) is 0 Å². The molecule has 172 valence electrons. The number of amides is 2. The van der Waals surface area contributed by atoms with E-state index in [2.05, 4.69) is 11.4 Å². The Morgan fingerprint density at radius 2 is 2.00 bits per heavy atom. The van der Waals surface area contributed by atoms with Crippen molar-refractivity contribution < 1.29 is 19.1 Å². The summed E-state index contributed by atoms with van der Waals surface area (Å²) < 4.78 is 11.4. The number of aromatic nitrogens is 1. The molecular formula is C23H31N5O4. The van der Waals surface area contributed by atoms with Crippen molar-refractivity contribution in [3.8, 4) is 6.07 Å². The molecule has 2 saturated heterocycles. The molecule has 1 aromatic rings. The third kappa shape index (κ3) is 4.57. The number of hydrogen-bond acceptors (Lipinski definition) is 7. The van der Waals surface area contributed by atoms with E-state index in [-0.39, 0.29) is 11.7 Å². The monoisotopic (exact) mass is 441 g/mol. The molecule has 0 saturated carbocycles. The minimum atomic E-state index is -0.586. The maximum absolute atomic E-state index is 12.6. The van der Waals surface area contributed by atoms with Gasteiger partial charge < -0.3 is 24.6 Å². The number of anilines is 1. The second-order valence-electron chi connectivity index (χ2n) is 9.31. The van der Waals surface area contributed by atoms with Crippen molar-refractivity contribution in [2.45, 2.75) is 58.3 Å². The second kappa shape index (κ2) is 9.04. The molecule has 0 spiro atoms. The van der Waals surface area contributed by atoms with Gasteiger partial charge in [-0.05, 0) is 39.2 Å². The Morgan fingerprint density at radius 3 is 2.66 bits per heavy atom. The van der Waals surface area contributed by atoms with Gasteiger partial charge in [-0.1, -0.05) is 0 Å². The number of nitrogens with one attached hydrogen (secondary N) is 1. The number of rotatable bonds is 3. The first-order valence-electron chi connectivity index (χ1n) is 11.3. The maximum atomic E-state index is 12.6. The van der Waals surface area contributed by atoms with Gasteiger partial charge in [-0.3, -0.25) is 9.59 Å². The van der Waals surface area contributed by atoms with Crippen molar-refractivity contribution in [2.75, 3.05) is 44.2 Å². The topological polar surface area (TPSA) is 108 Å². The first kappa shape index (κ1) is 22.5. The van der Waals surface area contributed by atoms with Gasteiger partial charge in [0.15, 0.2) is 0 Å². The Bertz CT molecular complexity index is 941. The van der Waals surface area contributed by atoms with Crippen LogP contribution < -0.4 is 10.2 Å². The Hall–Kier alpha value is -2.70. The van der Waals surface area contributed by atoms with E-state index in [4.69, 9.17) is 14.5 Å². The predicted octanol–water partition coefficient (Wildman–Crippen LogP) is 1.06. The number of nitrogens with zero attached hydrogens (tertiary/aromatic N) is 4. The Kier molecular flexibility index (Phi) is 6.35. The lowest BCUT2D eigenvalue weighted by molar-refractivity contribution is -0.146. The van der Waals surface area contributed by atoms with Crippen LogP contribution in [0.5, 0.6) is 0 Å². The van der Waals surface area contributed by atoms with Crippen molar-refractivity contribution >= 4 is 17.6 Å². The Morgan fingerprint density at radius 1 is 1.25 bits per heavy atom. The summed E-state index contributed by atoms with van der Waals surface area (Å²) >= 11 is 0. The first-order chi connectivity index (χ1) is 15.3. The summed E-state index contributed by atoms with van der Waals surface area (Å²) in [5, 5.41) is 12.6. The van der Waals surface area contributed by atoms with Crippen LogP contribution in [-0.4, -0.2) is 72.7 Å². The van der Waals surface area contributed by atoms with E-state index in [0.717, 1.165) is 29.7 Å². The summed E-state index contributed by atoms with van der Waals surface area (Å²) in [6.45, 7) is 9.39. The van der Waals surface area contributed by atoms with Gasteiger partial charge in [-0.15, -0.1) is 0 Å². The standard InChI is InChI=1S/C23H31N5O4/c1-15-19-14-32-23(2,3)11-17(19)18(12-24)20(26-15)27-6-8-28(9-7-27)22(30)21(29)25-13-16-5-4-10-31-16/h16H,4-11,13-14H2,1-3H3,(H,25,29)/t16-/m0/s1. The summed E-state index contributed by atoms with van der Waals surface area (Å²) in [6, 6.07) is 2.37. The lowest BCUT2D eigenvalue weighted by Crippen LogP contribution is -2.53. The van der Waals surface area contributed by atoms with Crippen molar-refractivity contribution in [1.82, 2.24) is 15.2 Å². The summed E-state index contributed by atoms with van der Waals surface area (Å²) in [5.41, 5.74) is 3.15. The molecule has 3 aliphatic heterocycles. The Balaban J connectivity index is 1.42. The first-order valence-corrected chi connectivity index (χ1v) is 11.3. The highest BCUT2D eigenvalue weighted by Crippen LogP contribution is 2.35. The fourth-order valence-electron chi connectivity index (χ4n) is 4.62. The average Bonchev–Trinajstić information content (AvgIpc) is 3.30. The molecule has 0 aromatic carbocycles. The largest absolute Gasteiger partial charge is 0.376 e. The third-order valence-corrected chi connectivity index (χ3v) is 6.50. The van der Waals surface area contributed by atoms with Gasteiger partial charge in [-0.25, -0.2) is 4.98 Å². The van der Waals surface area contributed by atoms with Crippen molar-refractivity contribution in [3.05, 3.63) is 22.4 Å². The number of nitriles is 1. The molecule has 0 radical (unpaired) electrons. The van der Waals surface area contributed by atoms with Crippen LogP contribution in [0.2, 0.25) is 0 Å². The molecule has 9 nitrogen and oxygen atoms in total. The summed E-state index contributed by atoms with van der Waals surface area (Å²) in [4.78, 5) is 33.2. The SMILES string of the molecule is Cc1nc(N2CCN(C(=O)C(=O)NC[C@@H]3CCCO3)CC2)c(C#N)c2c1COC(C)(C)C2. The second-order valence-corrected chi connectivity index (χ2v) is 9.31. The van der Waals surface area contributed by atoms with E-state index in [0.29, 0.717) is 63.7 Å². The smallest absolute Gasteiger partial charge is 0.312 e. The zero-order chi connectivity index (χ0) is 22.9. The molecule has 0 bridgehead atoms. The van der Waals surface area contributed by atoms with E-state index in [9.17, 15) is 14.9 Å². The molecule has 0 unspecified atom stereocenters. The van der Waals surface area contributed by atoms with Crippen molar-refractivity contribution in [2.24, 2.45) is 0 Å². The van der Waals surface area contributed by atoms with Crippen molar-refractivity contribution in [1.29, 1.82) is 5.26 Å². The van der Waals surface area contributed by atoms with Crippen LogP contribution in [0.3, 0.4) is 0 Å². The highest BCUT2D eigenvalue weighted by molar-refractivity contribution is 6.35. The molecule has 9 heteroatoms. The molecular weight excluding hydrogens is 410 g/mol. The molecule has 4 rings (SSSR count). The maximum Gasteiger partial charge on any atom is 0.312 e. The van der Waals surface area contributed by atoms with Crippen LogP contribution in [0.4, 0.5) is 5.82 Å². The van der Waals surface area contributed by atoms with Crippen LogP contribution in [-0.2, 0) is 32.1 Å². The number of piperazine rings is 1. The van der Waals surface area contributed by atoms with Crippen LogP contribution in [0, 0.1) is 18.3 Å². The van der Waals surface area contributed by atoms with E-state index < -0.39 is 11.8 Å². The molecule has 2 fully saturated rings. The quantitative estimate of drug-likeness (QED) is 0.699. The van der Waals surface area contributed by atoms with Gasteiger partial charge in [0.1, 0.15) is 11.9 Å². The zero-order valence-electron chi connectivity index (χ0n) is 19.1. The fourth-order valence-corrected chi connectivity index (χ4v) is 4.62. The third-order valence-electron chi connectivity index (χ3n) is 6.50. The van der Waals surface area contributed by atoms with E-state index in [1.54, 1.807) is 4.90 Å². The molecule has 0 aliphatic carbocycles. The molecule has 3 aliphatic rings. The van der Waals surface area contributed by atoms with Gasteiger partial charge in [0, 0.05) is 57.0 Å². The molecule has 4 heterocycles. The molecule has 1 atom stereocenters. The number of carbonyl (C=O) groups is 2. The van der Waals surface area contributed by atoms with Gasteiger partial charge >= 0.3 is 11.8 Å². The minimum Gasteiger partial charge on any atom is -0.376 e. The van der Waals surface area contributed by atoms with Gasteiger partial charge in [-0.2, -0.15) is 5.26 Å². The Labute approximate surface area is 188 Å². The van der Waals surface area contributed by atoms with E-state index in [1.165, 1.54) is 0 Å². The number of pyridine rings is 1. The lowest BCUT2D eigenvalue weighted by Gasteiger charge is -2.38. The number of hydrogen-bond donors (Lipinski definition) is 1. The highest BCUT2D eigenvalue weighted by atomic mass is 16.5. The summed E-state index contributed by atoms with van der Waals surface area (Å²) in [6.07, 6.45) is 2.55. The van der Waals surface area contributed by atoms with Crippen LogP contribution in [0.25, 0.3) is 0 Å². The molecule has 1 N–H and O–H groups in total. The lowest BCUT2D eigenvalue weighted by atomic mass is 9.88.